The first-order valence-corrected chi connectivity index (χ1v) is 20.4. The van der Waals surface area contributed by atoms with E-state index in [9.17, 15) is 17.6 Å². The number of nitrogens with one attached hydrogen (secondary N) is 2. The molecular formula is C42H50ClF4N4OP. The minimum atomic E-state index is -2.79. The van der Waals surface area contributed by atoms with Crippen LogP contribution in [0.5, 0.6) is 0 Å². The third kappa shape index (κ3) is 6.49. The highest BCUT2D eigenvalue weighted by atomic mass is 35.5. The summed E-state index contributed by atoms with van der Waals surface area (Å²) in [6.45, 7) is 0. The van der Waals surface area contributed by atoms with E-state index in [1.54, 1.807) is 0 Å². The molecule has 4 N–H and O–H groups in total. The molecule has 0 radical (unpaired) electrons. The molecule has 284 valence electrons. The van der Waals surface area contributed by atoms with E-state index in [1.165, 1.54) is 61.4 Å². The Balaban J connectivity index is 0.00000240. The maximum atomic E-state index is 14.7. The summed E-state index contributed by atoms with van der Waals surface area (Å²) in [4.78, 5) is 0. The zero-order valence-electron chi connectivity index (χ0n) is 30.3. The van der Waals surface area contributed by atoms with Crippen LogP contribution in [0.1, 0.15) is 86.5 Å². The zero-order chi connectivity index (χ0) is 35.4. The summed E-state index contributed by atoms with van der Waals surface area (Å²) < 4.78 is 63.8. The molecule has 2 saturated carbocycles. The van der Waals surface area contributed by atoms with Crippen LogP contribution in [0.15, 0.2) is 97.1 Å². The standard InChI is InChI=1S/C42H47F4N4P.ClH.H2O/c1-49-39(29-9-5-3-6-10-29)41(31-13-21-35(43)22-14-31,32-15-23-36(44)24-16-32)47-51(49)48-42(33-17-25-37(45)26-18-33,34-19-27-38(46)28-20-34)40(50(51)2)30-11-7-4-8-12-30;;/h13-30,39-40H,3-12H2,1-2H3,(H,47,48);1H;1H2/t39-,40-,51+;;/m0../s1. The third-order valence-electron chi connectivity index (χ3n) is 12.7. The number of likely N-dealkylation sites (N-methyl/N-ethyl adjacent to an activating group) is 2. The van der Waals surface area contributed by atoms with Crippen LogP contribution in [-0.4, -0.2) is 40.7 Å². The molecule has 3 atom stereocenters. The lowest BCUT2D eigenvalue weighted by atomic mass is 9.69. The fourth-order valence-corrected chi connectivity index (χ4v) is 14.8. The van der Waals surface area contributed by atoms with Crippen LogP contribution in [0.2, 0.25) is 0 Å². The summed E-state index contributed by atoms with van der Waals surface area (Å²) >= 11 is 0. The van der Waals surface area contributed by atoms with Crippen molar-refractivity contribution in [3.05, 3.63) is 143 Å². The van der Waals surface area contributed by atoms with Crippen molar-refractivity contribution in [1.29, 1.82) is 0 Å². The van der Waals surface area contributed by atoms with Crippen LogP contribution in [0.4, 0.5) is 17.6 Å². The molecule has 0 amide bonds. The largest absolute Gasteiger partial charge is 1.00 e. The molecule has 3 fully saturated rings. The van der Waals surface area contributed by atoms with Crippen LogP contribution in [0.25, 0.3) is 0 Å². The maximum Gasteiger partial charge on any atom is 0.309 e. The van der Waals surface area contributed by atoms with Crippen LogP contribution in [0, 0.1) is 35.1 Å². The van der Waals surface area contributed by atoms with Gasteiger partial charge in [-0.15, -0.1) is 0 Å². The van der Waals surface area contributed by atoms with Gasteiger partial charge in [0.25, 0.3) is 0 Å². The van der Waals surface area contributed by atoms with E-state index >= 15 is 0 Å². The van der Waals surface area contributed by atoms with E-state index in [2.05, 4.69) is 33.3 Å². The Morgan fingerprint density at radius 3 is 1.25 bits per heavy atom. The Morgan fingerprint density at radius 1 is 0.547 bits per heavy atom. The maximum absolute atomic E-state index is 14.7. The fraction of sp³-hybridized carbons (Fsp3) is 0.429. The predicted molar refractivity (Wildman–Crippen MR) is 199 cm³/mol. The highest BCUT2D eigenvalue weighted by Crippen LogP contribution is 2.68. The van der Waals surface area contributed by atoms with E-state index in [0.29, 0.717) is 11.8 Å². The molecule has 8 rings (SSSR count). The van der Waals surface area contributed by atoms with Crippen molar-refractivity contribution in [2.24, 2.45) is 11.8 Å². The SMILES string of the molecule is CN1[C@@H](C2CCCCC2)C(c2ccc(F)cc2)(c2ccc(F)cc2)N[P@]12=[N+](C)[C@@H](C1CCCCC1)C(c1ccc(F)cc1)(c1ccc(F)cc1)N2.O.[Cl-]. The lowest BCUT2D eigenvalue weighted by Crippen LogP contribution is -3.00. The first-order valence-electron chi connectivity index (χ1n) is 18.7. The van der Waals surface area contributed by atoms with Gasteiger partial charge in [-0.05, 0) is 109 Å². The van der Waals surface area contributed by atoms with Crippen molar-refractivity contribution in [2.75, 3.05) is 14.1 Å². The molecule has 4 aliphatic rings. The minimum absolute atomic E-state index is 0. The van der Waals surface area contributed by atoms with Crippen LogP contribution in [-0.2, 0) is 11.1 Å². The zero-order valence-corrected chi connectivity index (χ0v) is 32.0. The van der Waals surface area contributed by atoms with Gasteiger partial charge in [0, 0.05) is 5.92 Å². The molecule has 53 heavy (non-hydrogen) atoms. The van der Waals surface area contributed by atoms with Gasteiger partial charge >= 0.3 is 7.51 Å². The molecule has 1 spiro atoms. The smallest absolute Gasteiger partial charge is 0.309 e. The van der Waals surface area contributed by atoms with E-state index in [4.69, 9.17) is 0 Å². The second-order valence-electron chi connectivity index (χ2n) is 15.3. The van der Waals surface area contributed by atoms with E-state index < -0.39 is 18.6 Å². The minimum Gasteiger partial charge on any atom is -1.00 e. The van der Waals surface area contributed by atoms with Crippen molar-refractivity contribution < 1.29 is 39.8 Å². The Hall–Kier alpha value is -3.04. The quantitative estimate of drug-likeness (QED) is 0.181. The van der Waals surface area contributed by atoms with Gasteiger partial charge in [0.1, 0.15) is 35.9 Å². The average Bonchev–Trinajstić information content (AvgIpc) is 3.58. The van der Waals surface area contributed by atoms with Gasteiger partial charge in [0.15, 0.2) is 6.04 Å². The highest BCUT2D eigenvalue weighted by Gasteiger charge is 2.70. The van der Waals surface area contributed by atoms with Crippen molar-refractivity contribution in [1.82, 2.24) is 14.8 Å². The van der Waals surface area contributed by atoms with E-state index in [1.807, 2.05) is 48.5 Å². The molecule has 0 bridgehead atoms. The van der Waals surface area contributed by atoms with Crippen LogP contribution < -0.4 is 22.6 Å². The topological polar surface area (TPSA) is 61.8 Å². The monoisotopic (exact) mass is 768 g/mol. The summed E-state index contributed by atoms with van der Waals surface area (Å²) in [7, 11) is 1.66. The van der Waals surface area contributed by atoms with Crippen molar-refractivity contribution in [3.63, 3.8) is 0 Å². The summed E-state index contributed by atoms with van der Waals surface area (Å²) in [5, 5.41) is 8.69. The molecule has 5 nitrogen and oxygen atoms in total. The first kappa shape index (κ1) is 39.6. The molecule has 11 heteroatoms. The van der Waals surface area contributed by atoms with Gasteiger partial charge in [-0.25, -0.2) is 36.7 Å². The normalized spacial score (nSPS) is 26.0. The number of hydrogen-bond donors (Lipinski definition) is 2. The molecule has 0 aromatic heterocycles. The van der Waals surface area contributed by atoms with Gasteiger partial charge in [-0.1, -0.05) is 87.1 Å². The summed E-state index contributed by atoms with van der Waals surface area (Å²) in [6.07, 6.45) is 11.1. The van der Waals surface area contributed by atoms with Gasteiger partial charge in [-0.3, -0.25) is 0 Å². The molecule has 4 aromatic rings. The Morgan fingerprint density at radius 2 is 0.868 bits per heavy atom. The van der Waals surface area contributed by atoms with Crippen molar-refractivity contribution >= 4 is 7.51 Å². The highest BCUT2D eigenvalue weighted by molar-refractivity contribution is 7.58. The first-order chi connectivity index (χ1) is 24.7. The Bertz CT molecular complexity index is 1820. The number of benzene rings is 4. The second kappa shape index (κ2) is 15.6. The fourth-order valence-electron chi connectivity index (χ4n) is 10.5. The van der Waals surface area contributed by atoms with Crippen LogP contribution >= 0.6 is 7.51 Å². The summed E-state index contributed by atoms with van der Waals surface area (Å²) in [6, 6.07) is 27.2. The number of hydrogen-bond acceptors (Lipinski definition) is 3. The summed E-state index contributed by atoms with van der Waals surface area (Å²) in [5.74, 6) is -0.617. The van der Waals surface area contributed by atoms with E-state index in [0.717, 1.165) is 73.6 Å². The predicted octanol–water partition coefficient (Wildman–Crippen LogP) is 6.23. The van der Waals surface area contributed by atoms with Gasteiger partial charge in [0.05, 0.1) is 11.6 Å². The molecular weight excluding hydrogens is 719 g/mol. The Kier molecular flexibility index (Phi) is 11.7. The molecule has 2 heterocycles. The molecule has 0 unspecified atom stereocenters. The molecule has 4 aromatic carbocycles. The van der Waals surface area contributed by atoms with Gasteiger partial charge < -0.3 is 17.9 Å². The molecule has 2 aliphatic carbocycles. The van der Waals surface area contributed by atoms with Crippen molar-refractivity contribution in [3.8, 4) is 0 Å². The average molecular weight is 769 g/mol. The van der Waals surface area contributed by atoms with Gasteiger partial charge in [-0.2, -0.15) is 0 Å². The molecule has 1 saturated heterocycles. The molecule has 2 aliphatic heterocycles. The number of rotatable bonds is 6. The van der Waals surface area contributed by atoms with Gasteiger partial charge in [0.2, 0.25) is 0 Å². The summed E-state index contributed by atoms with van der Waals surface area (Å²) in [5.41, 5.74) is 2.07. The third-order valence-corrected chi connectivity index (χ3v) is 16.3. The Labute approximate surface area is 317 Å². The van der Waals surface area contributed by atoms with E-state index in [-0.39, 0.29) is 53.2 Å². The lowest BCUT2D eigenvalue weighted by molar-refractivity contribution is -0.534. The van der Waals surface area contributed by atoms with Crippen molar-refractivity contribution in [2.45, 2.75) is 87.4 Å². The second-order valence-corrected chi connectivity index (χ2v) is 18.2. The number of halogens is 5. The van der Waals surface area contributed by atoms with Crippen LogP contribution in [0.3, 0.4) is 0 Å². The number of nitrogens with zero attached hydrogens (tertiary/aromatic N) is 2. The lowest BCUT2D eigenvalue weighted by Gasteiger charge is -2.42.